The largest absolute Gasteiger partial charge is 0.505 e. The number of benzene rings is 2. The van der Waals surface area contributed by atoms with E-state index in [2.05, 4.69) is 15.3 Å². The number of pyridine rings is 2. The number of rotatable bonds is 7. The smallest absolute Gasteiger partial charge is 0.265 e. The first-order valence-electron chi connectivity index (χ1n) is 10.4. The van der Waals surface area contributed by atoms with Crippen LogP contribution in [0.15, 0.2) is 59.5 Å². The minimum absolute atomic E-state index is 0.0960. The average molecular weight is 463 g/mol. The van der Waals surface area contributed by atoms with Gasteiger partial charge in [0.05, 0.1) is 19.7 Å². The van der Waals surface area contributed by atoms with Crippen LogP contribution in [0.2, 0.25) is 0 Å². The molecular formula is C25H22FN3O5. The molecule has 0 saturated heterocycles. The number of carbonyl (C=O) groups excluding carboxylic acids is 1. The Balaban J connectivity index is 1.56. The van der Waals surface area contributed by atoms with Gasteiger partial charge in [-0.1, -0.05) is 18.2 Å². The number of hydrogen-bond acceptors (Lipinski definition) is 6. The maximum atomic E-state index is 13.1. The molecule has 0 unspecified atom stereocenters. The predicted molar refractivity (Wildman–Crippen MR) is 124 cm³/mol. The molecule has 174 valence electrons. The lowest BCUT2D eigenvalue weighted by Crippen LogP contribution is -2.29. The number of carbonyl (C=O) groups is 1. The predicted octanol–water partition coefficient (Wildman–Crippen LogP) is 3.31. The SMILES string of the molecule is COc1ccc(CNC(=O)c2c(O)c3ncc(Cc4ccc(F)cc4)cc3[nH]c2=O)cc1OC. The van der Waals surface area contributed by atoms with Crippen molar-refractivity contribution in [1.82, 2.24) is 15.3 Å². The van der Waals surface area contributed by atoms with Crippen LogP contribution in [-0.2, 0) is 13.0 Å². The molecule has 0 aliphatic carbocycles. The molecule has 0 aliphatic heterocycles. The van der Waals surface area contributed by atoms with Crippen LogP contribution in [0.3, 0.4) is 0 Å². The van der Waals surface area contributed by atoms with Gasteiger partial charge in [-0.2, -0.15) is 0 Å². The van der Waals surface area contributed by atoms with Crippen molar-refractivity contribution in [2.45, 2.75) is 13.0 Å². The number of methoxy groups -OCH3 is 2. The summed E-state index contributed by atoms with van der Waals surface area (Å²) in [6.07, 6.45) is 1.99. The molecule has 8 nitrogen and oxygen atoms in total. The summed E-state index contributed by atoms with van der Waals surface area (Å²) in [6.45, 7) is 0.0974. The van der Waals surface area contributed by atoms with Crippen LogP contribution in [0.4, 0.5) is 4.39 Å². The first-order valence-corrected chi connectivity index (χ1v) is 10.4. The van der Waals surface area contributed by atoms with E-state index in [4.69, 9.17) is 9.47 Å². The Morgan fingerprint density at radius 2 is 1.74 bits per heavy atom. The molecule has 0 aliphatic rings. The molecule has 1 amide bonds. The van der Waals surface area contributed by atoms with Crippen LogP contribution in [0.5, 0.6) is 17.2 Å². The van der Waals surface area contributed by atoms with Crippen molar-refractivity contribution < 1.29 is 23.8 Å². The monoisotopic (exact) mass is 463 g/mol. The number of H-pyrrole nitrogens is 1. The lowest BCUT2D eigenvalue weighted by molar-refractivity contribution is 0.0947. The van der Waals surface area contributed by atoms with Crippen LogP contribution < -0.4 is 20.3 Å². The Bertz CT molecular complexity index is 1420. The number of nitrogens with zero attached hydrogens (tertiary/aromatic N) is 1. The van der Waals surface area contributed by atoms with Gasteiger partial charge in [0.2, 0.25) is 0 Å². The minimum atomic E-state index is -0.743. The van der Waals surface area contributed by atoms with Crippen molar-refractivity contribution in [3.8, 4) is 17.2 Å². The zero-order valence-electron chi connectivity index (χ0n) is 18.5. The van der Waals surface area contributed by atoms with E-state index < -0.39 is 22.8 Å². The summed E-state index contributed by atoms with van der Waals surface area (Å²) in [7, 11) is 3.03. The fraction of sp³-hybridized carbons (Fsp3) is 0.160. The molecule has 2 heterocycles. The van der Waals surface area contributed by atoms with Crippen molar-refractivity contribution in [2.24, 2.45) is 0 Å². The lowest BCUT2D eigenvalue weighted by Gasteiger charge is -2.11. The summed E-state index contributed by atoms with van der Waals surface area (Å²) in [6, 6.07) is 12.9. The van der Waals surface area contributed by atoms with Crippen LogP contribution in [0.1, 0.15) is 27.0 Å². The highest BCUT2D eigenvalue weighted by Gasteiger charge is 2.20. The van der Waals surface area contributed by atoms with Crippen molar-refractivity contribution >= 4 is 16.9 Å². The minimum Gasteiger partial charge on any atom is -0.505 e. The van der Waals surface area contributed by atoms with E-state index in [0.29, 0.717) is 29.0 Å². The summed E-state index contributed by atoms with van der Waals surface area (Å²) in [5, 5.41) is 13.3. The third kappa shape index (κ3) is 4.68. The van der Waals surface area contributed by atoms with E-state index in [0.717, 1.165) is 11.1 Å². The van der Waals surface area contributed by atoms with Gasteiger partial charge in [-0.15, -0.1) is 0 Å². The van der Waals surface area contributed by atoms with Gasteiger partial charge in [0.25, 0.3) is 11.5 Å². The lowest BCUT2D eigenvalue weighted by atomic mass is 10.1. The number of aromatic nitrogens is 2. The maximum Gasteiger partial charge on any atom is 0.265 e. The van der Waals surface area contributed by atoms with Crippen LogP contribution in [-0.4, -0.2) is 35.2 Å². The molecule has 0 bridgehead atoms. The standard InChI is InChI=1S/C25H22FN3O5/c1-33-19-8-5-15(11-20(19)34-2)12-28-24(31)21-23(30)22-18(29-25(21)32)10-16(13-27-22)9-14-3-6-17(26)7-4-14/h3-8,10-11,13H,9,12H2,1-2H3,(H,28,31)(H2,29,30,32). The van der Waals surface area contributed by atoms with Gasteiger partial charge in [0.15, 0.2) is 17.2 Å². The second-order valence-electron chi connectivity index (χ2n) is 7.59. The number of ether oxygens (including phenoxy) is 2. The van der Waals surface area contributed by atoms with Crippen LogP contribution in [0, 0.1) is 5.82 Å². The van der Waals surface area contributed by atoms with Crippen LogP contribution >= 0.6 is 0 Å². The second kappa shape index (κ2) is 9.62. The molecule has 9 heteroatoms. The highest BCUT2D eigenvalue weighted by Crippen LogP contribution is 2.28. The van der Waals surface area contributed by atoms with Gasteiger partial charge < -0.3 is 24.9 Å². The number of aromatic amines is 1. The summed E-state index contributed by atoms with van der Waals surface area (Å²) in [4.78, 5) is 32.2. The van der Waals surface area contributed by atoms with E-state index in [1.165, 1.54) is 32.5 Å². The zero-order chi connectivity index (χ0) is 24.2. The van der Waals surface area contributed by atoms with Gasteiger partial charge in [-0.05, 0) is 53.4 Å². The van der Waals surface area contributed by atoms with E-state index >= 15 is 0 Å². The number of amides is 1. The molecule has 2 aromatic heterocycles. The molecule has 34 heavy (non-hydrogen) atoms. The van der Waals surface area contributed by atoms with E-state index in [-0.39, 0.29) is 17.9 Å². The topological polar surface area (TPSA) is 114 Å². The van der Waals surface area contributed by atoms with Gasteiger partial charge in [0.1, 0.15) is 16.9 Å². The summed E-state index contributed by atoms with van der Waals surface area (Å²) in [5.41, 5.74) is 1.55. The molecule has 0 fully saturated rings. The van der Waals surface area contributed by atoms with Crippen LogP contribution in [0.25, 0.3) is 11.0 Å². The maximum absolute atomic E-state index is 13.1. The Morgan fingerprint density at radius 3 is 2.44 bits per heavy atom. The average Bonchev–Trinajstić information content (AvgIpc) is 2.83. The number of fused-ring (bicyclic) bond motifs is 1. The highest BCUT2D eigenvalue weighted by atomic mass is 19.1. The molecule has 4 aromatic rings. The first-order chi connectivity index (χ1) is 16.4. The van der Waals surface area contributed by atoms with E-state index in [9.17, 15) is 19.1 Å². The molecular weight excluding hydrogens is 441 g/mol. The van der Waals surface area contributed by atoms with Crippen molar-refractivity contribution in [1.29, 1.82) is 0 Å². The number of halogens is 1. The summed E-state index contributed by atoms with van der Waals surface area (Å²) < 4.78 is 23.6. The first kappa shape index (κ1) is 22.8. The van der Waals surface area contributed by atoms with Gasteiger partial charge in [0, 0.05) is 12.7 Å². The Hall–Kier alpha value is -4.40. The summed E-state index contributed by atoms with van der Waals surface area (Å²) >= 11 is 0. The Labute approximate surface area is 194 Å². The van der Waals surface area contributed by atoms with Crippen molar-refractivity contribution in [3.05, 3.63) is 93.2 Å². The second-order valence-corrected chi connectivity index (χ2v) is 7.59. The van der Waals surface area contributed by atoms with Gasteiger partial charge >= 0.3 is 0 Å². The molecule has 0 atom stereocenters. The molecule has 3 N–H and O–H groups in total. The fourth-order valence-corrected chi connectivity index (χ4v) is 3.61. The molecule has 2 aromatic carbocycles. The third-order valence-corrected chi connectivity index (χ3v) is 5.33. The molecule has 0 saturated carbocycles. The third-order valence-electron chi connectivity index (χ3n) is 5.33. The number of nitrogens with one attached hydrogen (secondary N) is 2. The summed E-state index contributed by atoms with van der Waals surface area (Å²) in [5.74, 6) is -0.525. The highest BCUT2D eigenvalue weighted by molar-refractivity contribution is 6.01. The quantitative estimate of drug-likeness (QED) is 0.388. The number of aromatic hydroxyl groups is 1. The van der Waals surface area contributed by atoms with E-state index in [1.807, 2.05) is 0 Å². The number of hydrogen-bond donors (Lipinski definition) is 3. The molecule has 0 radical (unpaired) electrons. The van der Waals surface area contributed by atoms with Gasteiger partial charge in [-0.25, -0.2) is 4.39 Å². The molecule has 4 rings (SSSR count). The van der Waals surface area contributed by atoms with Crippen molar-refractivity contribution in [2.75, 3.05) is 14.2 Å². The Kier molecular flexibility index (Phi) is 6.44. The Morgan fingerprint density at radius 1 is 1.03 bits per heavy atom. The van der Waals surface area contributed by atoms with Crippen molar-refractivity contribution in [3.63, 3.8) is 0 Å². The van der Waals surface area contributed by atoms with Gasteiger partial charge in [-0.3, -0.25) is 14.6 Å². The molecule has 0 spiro atoms. The normalized spacial score (nSPS) is 10.8. The fourth-order valence-electron chi connectivity index (χ4n) is 3.61. The zero-order valence-corrected chi connectivity index (χ0v) is 18.5. The van der Waals surface area contributed by atoms with E-state index in [1.54, 1.807) is 36.4 Å².